The molecule has 0 amide bonds. The minimum Gasteiger partial charge on any atom is -0.268 e. The lowest BCUT2D eigenvalue weighted by atomic mass is 9.81. The van der Waals surface area contributed by atoms with Crippen molar-refractivity contribution in [1.82, 2.24) is 0 Å². The van der Waals surface area contributed by atoms with E-state index >= 15 is 0 Å². The monoisotopic (exact) mass is 313 g/mol. The van der Waals surface area contributed by atoms with Crippen molar-refractivity contribution in [3.05, 3.63) is 45.0 Å². The van der Waals surface area contributed by atoms with Gasteiger partial charge in [-0.15, -0.1) is 0 Å². The second-order valence-corrected chi connectivity index (χ2v) is 4.91. The second kappa shape index (κ2) is 4.44. The largest absolute Gasteiger partial charge is 0.406 e. The van der Waals surface area contributed by atoms with Crippen LogP contribution in [0.3, 0.4) is 0 Å². The summed E-state index contributed by atoms with van der Waals surface area (Å²) in [6.45, 7) is 0. The highest BCUT2D eigenvalue weighted by Gasteiger charge is 2.54. The zero-order valence-electron chi connectivity index (χ0n) is 8.60. The van der Waals surface area contributed by atoms with E-state index in [4.69, 9.17) is 34.8 Å². The third kappa shape index (κ3) is 2.02. The molecular weight excluding hydrogens is 309 g/mol. The summed E-state index contributed by atoms with van der Waals surface area (Å²) in [6, 6.07) is 2.29. The number of nitrogens with zero attached hydrogens (tertiary/aromatic N) is 1. The molecule has 0 N–H and O–H groups in total. The average Bonchev–Trinajstić information content (AvgIpc) is 2.74. The Balaban J connectivity index is 2.66. The Morgan fingerprint density at radius 2 is 1.61 bits per heavy atom. The molecule has 1 unspecified atom stereocenters. The molecule has 1 atom stereocenters. The van der Waals surface area contributed by atoms with Crippen molar-refractivity contribution < 1.29 is 13.2 Å². The van der Waals surface area contributed by atoms with E-state index in [9.17, 15) is 13.2 Å². The highest BCUT2D eigenvalue weighted by molar-refractivity contribution is 6.48. The number of hydrogen-bond acceptors (Lipinski definition) is 1. The Morgan fingerprint density at radius 3 is 2.00 bits per heavy atom. The van der Waals surface area contributed by atoms with Crippen LogP contribution in [-0.2, 0) is 5.41 Å². The molecule has 0 spiro atoms. The molecule has 1 aromatic rings. The number of alkyl halides is 3. The summed E-state index contributed by atoms with van der Waals surface area (Å²) >= 11 is 17.2. The summed E-state index contributed by atoms with van der Waals surface area (Å²) in [4.78, 5) is 3.52. The zero-order chi connectivity index (χ0) is 13.6. The SMILES string of the molecule is FC(F)(F)C1(c2cc(Cl)c(Cl)c(Cl)c2)C=CN=C1. The van der Waals surface area contributed by atoms with Gasteiger partial charge in [0.15, 0.2) is 0 Å². The molecule has 18 heavy (non-hydrogen) atoms. The summed E-state index contributed by atoms with van der Waals surface area (Å²) in [5, 5.41) is -0.0358. The Kier molecular flexibility index (Phi) is 3.38. The van der Waals surface area contributed by atoms with Crippen molar-refractivity contribution in [1.29, 1.82) is 0 Å². The minimum absolute atomic E-state index is 0.0262. The molecule has 0 aromatic heterocycles. The standard InChI is InChI=1S/C11H5Cl3F3N/c12-7-3-6(4-8(13)9(7)14)10(11(15,16)17)1-2-18-5-10/h1-5H. The van der Waals surface area contributed by atoms with Crippen LogP contribution in [0, 0.1) is 0 Å². The van der Waals surface area contributed by atoms with E-state index in [0.717, 1.165) is 30.6 Å². The van der Waals surface area contributed by atoms with Crippen LogP contribution in [-0.4, -0.2) is 12.4 Å². The van der Waals surface area contributed by atoms with Gasteiger partial charge in [0.2, 0.25) is 0 Å². The molecule has 2 rings (SSSR count). The first-order valence-electron chi connectivity index (χ1n) is 4.72. The van der Waals surface area contributed by atoms with Crippen LogP contribution >= 0.6 is 34.8 Å². The smallest absolute Gasteiger partial charge is 0.268 e. The lowest BCUT2D eigenvalue weighted by Gasteiger charge is -2.28. The molecule has 1 heterocycles. The molecule has 7 heteroatoms. The topological polar surface area (TPSA) is 12.4 Å². The Labute approximate surface area is 116 Å². The van der Waals surface area contributed by atoms with E-state index in [0.29, 0.717) is 0 Å². The minimum atomic E-state index is -4.54. The first-order valence-corrected chi connectivity index (χ1v) is 5.85. The summed E-state index contributed by atoms with van der Waals surface area (Å²) in [5.74, 6) is 0. The fourth-order valence-corrected chi connectivity index (χ4v) is 2.26. The normalized spacial score (nSPS) is 22.8. The number of allylic oxidation sites excluding steroid dienone is 1. The van der Waals surface area contributed by atoms with E-state index in [-0.39, 0.29) is 20.6 Å². The molecule has 0 saturated heterocycles. The van der Waals surface area contributed by atoms with Gasteiger partial charge in [0.25, 0.3) is 0 Å². The van der Waals surface area contributed by atoms with Crippen LogP contribution in [0.1, 0.15) is 5.56 Å². The van der Waals surface area contributed by atoms with E-state index < -0.39 is 11.6 Å². The van der Waals surface area contributed by atoms with Crippen LogP contribution < -0.4 is 0 Å². The van der Waals surface area contributed by atoms with Gasteiger partial charge in [-0.1, -0.05) is 34.8 Å². The molecule has 0 radical (unpaired) electrons. The maximum atomic E-state index is 13.2. The van der Waals surface area contributed by atoms with Gasteiger partial charge in [-0.2, -0.15) is 13.2 Å². The number of rotatable bonds is 1. The molecule has 0 fully saturated rings. The average molecular weight is 315 g/mol. The summed E-state index contributed by atoms with van der Waals surface area (Å²) in [5.41, 5.74) is -2.42. The van der Waals surface area contributed by atoms with Gasteiger partial charge in [0.05, 0.1) is 15.1 Å². The fourth-order valence-electron chi connectivity index (χ4n) is 1.66. The molecular formula is C11H5Cl3F3N. The van der Waals surface area contributed by atoms with Crippen LogP contribution in [0.4, 0.5) is 13.2 Å². The van der Waals surface area contributed by atoms with E-state index in [1.165, 1.54) is 0 Å². The van der Waals surface area contributed by atoms with Gasteiger partial charge in [-0.25, -0.2) is 0 Å². The van der Waals surface area contributed by atoms with Gasteiger partial charge < -0.3 is 0 Å². The number of halogens is 6. The van der Waals surface area contributed by atoms with Crippen molar-refractivity contribution >= 4 is 41.0 Å². The maximum Gasteiger partial charge on any atom is 0.406 e. The molecule has 1 aromatic carbocycles. The quantitative estimate of drug-likeness (QED) is 0.644. The van der Waals surface area contributed by atoms with Crippen molar-refractivity contribution in [3.8, 4) is 0 Å². The maximum absolute atomic E-state index is 13.2. The summed E-state index contributed by atoms with van der Waals surface area (Å²) < 4.78 is 39.6. The third-order valence-corrected chi connectivity index (χ3v) is 3.83. The van der Waals surface area contributed by atoms with Crippen LogP contribution in [0.25, 0.3) is 0 Å². The van der Waals surface area contributed by atoms with Crippen molar-refractivity contribution in [2.45, 2.75) is 11.6 Å². The first-order chi connectivity index (χ1) is 8.28. The van der Waals surface area contributed by atoms with Crippen molar-refractivity contribution in [2.24, 2.45) is 4.99 Å². The van der Waals surface area contributed by atoms with Gasteiger partial charge in [-0.3, -0.25) is 4.99 Å². The Morgan fingerprint density at radius 1 is 1.06 bits per heavy atom. The summed E-state index contributed by atoms with van der Waals surface area (Å²) in [7, 11) is 0. The van der Waals surface area contributed by atoms with Crippen molar-refractivity contribution in [2.75, 3.05) is 0 Å². The number of benzene rings is 1. The molecule has 1 nitrogen and oxygen atoms in total. The molecule has 1 aliphatic heterocycles. The molecule has 0 aliphatic carbocycles. The predicted octanol–water partition coefficient (Wildman–Crippen LogP) is 5.05. The van der Waals surface area contributed by atoms with E-state index in [2.05, 4.69) is 4.99 Å². The first kappa shape index (κ1) is 13.7. The fraction of sp³-hybridized carbons (Fsp3) is 0.182. The summed E-state index contributed by atoms with van der Waals surface area (Å²) in [6.07, 6.45) is -1.69. The van der Waals surface area contributed by atoms with Gasteiger partial charge in [0.1, 0.15) is 5.41 Å². The van der Waals surface area contributed by atoms with Crippen LogP contribution in [0.5, 0.6) is 0 Å². The van der Waals surface area contributed by atoms with Crippen LogP contribution in [0.15, 0.2) is 29.4 Å². The number of aliphatic imine (C=N–C) groups is 1. The lowest BCUT2D eigenvalue weighted by Crippen LogP contribution is -2.41. The Hall–Kier alpha value is -0.710. The molecule has 96 valence electrons. The third-order valence-electron chi connectivity index (χ3n) is 2.63. The number of hydrogen-bond donors (Lipinski definition) is 0. The second-order valence-electron chi connectivity index (χ2n) is 3.71. The van der Waals surface area contributed by atoms with Crippen LogP contribution in [0.2, 0.25) is 15.1 Å². The van der Waals surface area contributed by atoms with E-state index in [1.54, 1.807) is 0 Å². The van der Waals surface area contributed by atoms with Gasteiger partial charge in [-0.05, 0) is 23.8 Å². The Bertz CT molecular complexity index is 514. The van der Waals surface area contributed by atoms with Crippen molar-refractivity contribution in [3.63, 3.8) is 0 Å². The predicted molar refractivity (Wildman–Crippen MR) is 66.8 cm³/mol. The molecule has 1 aliphatic rings. The zero-order valence-corrected chi connectivity index (χ0v) is 10.9. The van der Waals surface area contributed by atoms with Gasteiger partial charge >= 0.3 is 6.18 Å². The lowest BCUT2D eigenvalue weighted by molar-refractivity contribution is -0.154. The highest BCUT2D eigenvalue weighted by Crippen LogP contribution is 2.45. The van der Waals surface area contributed by atoms with E-state index in [1.807, 2.05) is 0 Å². The van der Waals surface area contributed by atoms with Gasteiger partial charge in [0, 0.05) is 12.4 Å². The highest BCUT2D eigenvalue weighted by atomic mass is 35.5. The molecule has 0 saturated carbocycles. The molecule has 0 bridgehead atoms.